The van der Waals surface area contributed by atoms with Gasteiger partial charge >= 0.3 is 0 Å². The number of anilines is 2. The third-order valence-corrected chi connectivity index (χ3v) is 4.37. The van der Waals surface area contributed by atoms with Crippen LogP contribution < -0.4 is 11.1 Å². The minimum Gasteiger partial charge on any atom is -0.399 e. The van der Waals surface area contributed by atoms with E-state index in [1.807, 2.05) is 29.2 Å². The molecule has 27 heavy (non-hydrogen) atoms. The summed E-state index contributed by atoms with van der Waals surface area (Å²) in [6.07, 6.45) is 2.82. The fraction of sp³-hybridized carbons (Fsp3) is 0.364. The maximum Gasteiger partial charge on any atom is 0.253 e. The molecule has 144 valence electrons. The van der Waals surface area contributed by atoms with Gasteiger partial charge in [-0.25, -0.2) is 0 Å². The lowest BCUT2D eigenvalue weighted by molar-refractivity contribution is -0.116. The van der Waals surface area contributed by atoms with Crippen LogP contribution in [0.25, 0.3) is 0 Å². The van der Waals surface area contributed by atoms with Crippen molar-refractivity contribution >= 4 is 23.2 Å². The van der Waals surface area contributed by atoms with Crippen molar-refractivity contribution < 1.29 is 9.59 Å². The van der Waals surface area contributed by atoms with Gasteiger partial charge in [-0.15, -0.1) is 0 Å². The summed E-state index contributed by atoms with van der Waals surface area (Å²) in [7, 11) is 0. The average Bonchev–Trinajstić information content (AvgIpc) is 2.67. The number of nitrogen functional groups attached to an aromatic ring is 1. The van der Waals surface area contributed by atoms with Crippen LogP contribution in [0.3, 0.4) is 0 Å². The van der Waals surface area contributed by atoms with Crippen molar-refractivity contribution in [3.63, 3.8) is 0 Å². The standard InChI is InChI=1S/C22H29N3O2/c1-3-15-25(16-4-2)22(27)18-9-12-19(13-10-18)24-21(26)14-11-17-7-5-6-8-20(17)23/h5-10,12-13H,3-4,11,14-16,23H2,1-2H3,(H,24,26). The minimum atomic E-state index is -0.0732. The van der Waals surface area contributed by atoms with Crippen molar-refractivity contribution in [1.82, 2.24) is 4.90 Å². The van der Waals surface area contributed by atoms with E-state index in [-0.39, 0.29) is 11.8 Å². The number of para-hydroxylation sites is 1. The molecule has 0 aliphatic rings. The molecule has 0 saturated carbocycles. The first kappa shape index (κ1) is 20.5. The quantitative estimate of drug-likeness (QED) is 0.655. The van der Waals surface area contributed by atoms with Crippen LogP contribution in [0.1, 0.15) is 49.0 Å². The number of rotatable bonds is 9. The molecule has 0 aromatic heterocycles. The largest absolute Gasteiger partial charge is 0.399 e. The van der Waals surface area contributed by atoms with Gasteiger partial charge in [0.2, 0.25) is 5.91 Å². The van der Waals surface area contributed by atoms with Crippen LogP contribution in [0.15, 0.2) is 48.5 Å². The number of carbonyl (C=O) groups excluding carboxylic acids is 2. The molecule has 5 heteroatoms. The zero-order valence-corrected chi connectivity index (χ0v) is 16.2. The van der Waals surface area contributed by atoms with Crippen LogP contribution >= 0.6 is 0 Å². The summed E-state index contributed by atoms with van der Waals surface area (Å²) in [5, 5.41) is 2.87. The highest BCUT2D eigenvalue weighted by atomic mass is 16.2. The normalized spacial score (nSPS) is 10.4. The third kappa shape index (κ3) is 6.13. The van der Waals surface area contributed by atoms with Gasteiger partial charge in [0.15, 0.2) is 0 Å². The number of hydrogen-bond donors (Lipinski definition) is 2. The van der Waals surface area contributed by atoms with Crippen molar-refractivity contribution in [2.45, 2.75) is 39.5 Å². The van der Waals surface area contributed by atoms with E-state index in [9.17, 15) is 9.59 Å². The predicted molar refractivity (Wildman–Crippen MR) is 111 cm³/mol. The van der Waals surface area contributed by atoms with Gasteiger partial charge < -0.3 is 16.0 Å². The van der Waals surface area contributed by atoms with E-state index >= 15 is 0 Å². The molecule has 0 aliphatic carbocycles. The Morgan fingerprint density at radius 1 is 0.963 bits per heavy atom. The predicted octanol–water partition coefficient (Wildman–Crippen LogP) is 4.10. The molecule has 3 N–H and O–H groups in total. The minimum absolute atomic E-state index is 0.0381. The molecule has 2 rings (SSSR count). The molecular weight excluding hydrogens is 338 g/mol. The molecule has 0 atom stereocenters. The second-order valence-electron chi connectivity index (χ2n) is 6.62. The van der Waals surface area contributed by atoms with Crippen LogP contribution in [0.4, 0.5) is 11.4 Å². The Bertz CT molecular complexity index is 750. The SMILES string of the molecule is CCCN(CCC)C(=O)c1ccc(NC(=O)CCc2ccccc2N)cc1. The molecular formula is C22H29N3O2. The molecule has 2 aromatic rings. The van der Waals surface area contributed by atoms with Crippen molar-refractivity contribution in [1.29, 1.82) is 0 Å². The van der Waals surface area contributed by atoms with Crippen LogP contribution in [-0.4, -0.2) is 29.8 Å². The zero-order valence-electron chi connectivity index (χ0n) is 16.2. The Hall–Kier alpha value is -2.82. The van der Waals surface area contributed by atoms with Crippen molar-refractivity contribution in [3.05, 3.63) is 59.7 Å². The van der Waals surface area contributed by atoms with E-state index in [0.717, 1.165) is 31.5 Å². The van der Waals surface area contributed by atoms with Gasteiger partial charge in [-0.05, 0) is 55.2 Å². The van der Waals surface area contributed by atoms with E-state index in [2.05, 4.69) is 19.2 Å². The van der Waals surface area contributed by atoms with Crippen molar-refractivity contribution in [2.75, 3.05) is 24.1 Å². The van der Waals surface area contributed by atoms with E-state index in [4.69, 9.17) is 5.73 Å². The maximum absolute atomic E-state index is 12.6. The second-order valence-corrected chi connectivity index (χ2v) is 6.62. The Balaban J connectivity index is 1.91. The number of nitrogens with two attached hydrogens (primary N) is 1. The topological polar surface area (TPSA) is 75.4 Å². The lowest BCUT2D eigenvalue weighted by atomic mass is 10.1. The monoisotopic (exact) mass is 367 g/mol. The van der Waals surface area contributed by atoms with E-state index in [1.54, 1.807) is 24.3 Å². The molecule has 2 aromatic carbocycles. The zero-order chi connectivity index (χ0) is 19.6. The molecule has 0 spiro atoms. The molecule has 0 aliphatic heterocycles. The van der Waals surface area contributed by atoms with Gasteiger partial charge in [0.25, 0.3) is 5.91 Å². The molecule has 0 bridgehead atoms. The van der Waals surface area contributed by atoms with Gasteiger partial charge in [0.1, 0.15) is 0 Å². The Morgan fingerprint density at radius 2 is 1.59 bits per heavy atom. The van der Waals surface area contributed by atoms with Crippen LogP contribution in [0.5, 0.6) is 0 Å². The van der Waals surface area contributed by atoms with Crippen molar-refractivity contribution in [2.24, 2.45) is 0 Å². The van der Waals surface area contributed by atoms with E-state index < -0.39 is 0 Å². The first-order chi connectivity index (χ1) is 13.0. The van der Waals surface area contributed by atoms with Gasteiger partial charge in [-0.2, -0.15) is 0 Å². The number of amides is 2. The smallest absolute Gasteiger partial charge is 0.253 e. The van der Waals surface area contributed by atoms with Crippen molar-refractivity contribution in [3.8, 4) is 0 Å². The molecule has 2 amide bonds. The number of aryl methyl sites for hydroxylation is 1. The highest BCUT2D eigenvalue weighted by molar-refractivity contribution is 5.95. The number of hydrogen-bond acceptors (Lipinski definition) is 3. The number of nitrogens with one attached hydrogen (secondary N) is 1. The summed E-state index contributed by atoms with van der Waals surface area (Å²) >= 11 is 0. The molecule has 0 saturated heterocycles. The van der Waals surface area contributed by atoms with Gasteiger partial charge in [-0.3, -0.25) is 9.59 Å². The second kappa shape index (κ2) is 10.4. The van der Waals surface area contributed by atoms with Crippen LogP contribution in [0.2, 0.25) is 0 Å². The molecule has 0 heterocycles. The third-order valence-electron chi connectivity index (χ3n) is 4.37. The summed E-state index contributed by atoms with van der Waals surface area (Å²) in [5.74, 6) is -0.0351. The number of carbonyl (C=O) groups is 2. The lowest BCUT2D eigenvalue weighted by Gasteiger charge is -2.21. The maximum atomic E-state index is 12.6. The fourth-order valence-electron chi connectivity index (χ4n) is 2.97. The molecule has 0 fully saturated rings. The Labute approximate surface area is 161 Å². The van der Waals surface area contributed by atoms with Crippen LogP contribution in [0, 0.1) is 0 Å². The number of nitrogens with zero attached hydrogens (tertiary/aromatic N) is 1. The van der Waals surface area contributed by atoms with E-state index in [0.29, 0.717) is 29.8 Å². The van der Waals surface area contributed by atoms with Gasteiger partial charge in [-0.1, -0.05) is 32.0 Å². The van der Waals surface area contributed by atoms with Gasteiger partial charge in [0.05, 0.1) is 0 Å². The van der Waals surface area contributed by atoms with Gasteiger partial charge in [0, 0.05) is 36.4 Å². The first-order valence-electron chi connectivity index (χ1n) is 9.57. The molecule has 5 nitrogen and oxygen atoms in total. The summed E-state index contributed by atoms with van der Waals surface area (Å²) in [6, 6.07) is 14.7. The van der Waals surface area contributed by atoms with Crippen LogP contribution in [-0.2, 0) is 11.2 Å². The lowest BCUT2D eigenvalue weighted by Crippen LogP contribution is -2.32. The molecule has 0 radical (unpaired) electrons. The fourth-order valence-corrected chi connectivity index (χ4v) is 2.97. The average molecular weight is 367 g/mol. The first-order valence-corrected chi connectivity index (χ1v) is 9.57. The Kier molecular flexibility index (Phi) is 7.86. The molecule has 0 unspecified atom stereocenters. The summed E-state index contributed by atoms with van der Waals surface area (Å²) in [4.78, 5) is 26.6. The number of benzene rings is 2. The highest BCUT2D eigenvalue weighted by Gasteiger charge is 2.14. The summed E-state index contributed by atoms with van der Waals surface area (Å²) in [6.45, 7) is 5.65. The Morgan fingerprint density at radius 3 is 2.19 bits per heavy atom. The summed E-state index contributed by atoms with van der Waals surface area (Å²) < 4.78 is 0. The summed E-state index contributed by atoms with van der Waals surface area (Å²) in [5.41, 5.74) is 8.92. The highest BCUT2D eigenvalue weighted by Crippen LogP contribution is 2.15. The van der Waals surface area contributed by atoms with E-state index in [1.165, 1.54) is 0 Å².